The van der Waals surface area contributed by atoms with E-state index in [1.165, 1.54) is 18.2 Å². The van der Waals surface area contributed by atoms with Crippen LogP contribution in [0.5, 0.6) is 0 Å². The maximum Gasteiger partial charge on any atom is 0.252 e. The van der Waals surface area contributed by atoms with Gasteiger partial charge in [-0.05, 0) is 37.3 Å². The summed E-state index contributed by atoms with van der Waals surface area (Å²) in [5, 5.41) is 2.88. The first-order chi connectivity index (χ1) is 9.08. The average Bonchev–Trinajstić information content (AvgIpc) is 2.39. The van der Waals surface area contributed by atoms with Crippen LogP contribution < -0.4 is 5.32 Å². The van der Waals surface area contributed by atoms with E-state index in [9.17, 15) is 9.18 Å². The molecule has 2 atom stereocenters. The Morgan fingerprint density at radius 2 is 2.21 bits per heavy atom. The van der Waals surface area contributed by atoms with Gasteiger partial charge in [-0.2, -0.15) is 0 Å². The normalized spacial score (nSPS) is 23.1. The van der Waals surface area contributed by atoms with Crippen molar-refractivity contribution in [2.45, 2.75) is 31.1 Å². The fraction of sp³-hybridized carbons (Fsp3) is 0.500. The fourth-order valence-electron chi connectivity index (χ4n) is 2.42. The van der Waals surface area contributed by atoms with Crippen molar-refractivity contribution in [3.63, 3.8) is 0 Å². The number of rotatable bonds is 3. The van der Waals surface area contributed by atoms with Crippen molar-refractivity contribution in [3.05, 3.63) is 34.6 Å². The Labute approximate surface area is 122 Å². The molecule has 1 aromatic carbocycles. The Hall–Kier alpha value is -0.800. The van der Waals surface area contributed by atoms with Crippen LogP contribution in [-0.2, 0) is 0 Å². The molecular weight excluding hydrogens is 288 g/mol. The van der Waals surface area contributed by atoms with Gasteiger partial charge in [-0.3, -0.25) is 4.79 Å². The highest BCUT2D eigenvalue weighted by Gasteiger charge is 2.21. The SMILES string of the molecule is O=C(NCC1CCCC(Cl)C1)c1cccc(F)c1Cl. The van der Waals surface area contributed by atoms with Crippen LogP contribution in [0.3, 0.4) is 0 Å². The lowest BCUT2D eigenvalue weighted by atomic mass is 9.89. The zero-order valence-electron chi connectivity index (χ0n) is 10.5. The van der Waals surface area contributed by atoms with Gasteiger partial charge in [0.15, 0.2) is 0 Å². The number of hydrogen-bond donors (Lipinski definition) is 1. The average molecular weight is 304 g/mol. The molecule has 1 aromatic rings. The highest BCUT2D eigenvalue weighted by molar-refractivity contribution is 6.34. The van der Waals surface area contributed by atoms with Gasteiger partial charge in [0, 0.05) is 11.9 Å². The second-order valence-electron chi connectivity index (χ2n) is 4.94. The van der Waals surface area contributed by atoms with Crippen LogP contribution in [0.2, 0.25) is 5.02 Å². The molecule has 0 aliphatic heterocycles. The number of carbonyl (C=O) groups is 1. The van der Waals surface area contributed by atoms with Gasteiger partial charge < -0.3 is 5.32 Å². The first kappa shape index (κ1) is 14.6. The van der Waals surface area contributed by atoms with Crippen LogP contribution in [-0.4, -0.2) is 17.8 Å². The maximum absolute atomic E-state index is 13.3. The van der Waals surface area contributed by atoms with E-state index in [0.29, 0.717) is 12.5 Å². The van der Waals surface area contributed by atoms with Gasteiger partial charge in [0.1, 0.15) is 5.82 Å². The molecule has 0 aromatic heterocycles. The van der Waals surface area contributed by atoms with E-state index in [0.717, 1.165) is 25.7 Å². The van der Waals surface area contributed by atoms with Crippen LogP contribution in [0.1, 0.15) is 36.0 Å². The van der Waals surface area contributed by atoms with Crippen molar-refractivity contribution in [2.24, 2.45) is 5.92 Å². The minimum absolute atomic E-state index is 0.126. The Bertz CT molecular complexity index is 467. The molecule has 2 unspecified atom stereocenters. The van der Waals surface area contributed by atoms with Gasteiger partial charge in [0.05, 0.1) is 10.6 Å². The minimum Gasteiger partial charge on any atom is -0.352 e. The summed E-state index contributed by atoms with van der Waals surface area (Å²) in [7, 11) is 0. The molecular formula is C14H16Cl2FNO. The van der Waals surface area contributed by atoms with Crippen LogP contribution in [0, 0.1) is 11.7 Å². The second-order valence-corrected chi connectivity index (χ2v) is 5.94. The summed E-state index contributed by atoms with van der Waals surface area (Å²) in [6, 6.07) is 4.23. The molecule has 1 saturated carbocycles. The molecule has 0 spiro atoms. The predicted molar refractivity (Wildman–Crippen MR) is 75.3 cm³/mol. The van der Waals surface area contributed by atoms with Gasteiger partial charge in [0.2, 0.25) is 0 Å². The smallest absolute Gasteiger partial charge is 0.252 e. The molecule has 1 amide bonds. The van der Waals surface area contributed by atoms with Crippen molar-refractivity contribution in [2.75, 3.05) is 6.54 Å². The Kier molecular flexibility index (Phi) is 5.06. The molecule has 1 aliphatic rings. The first-order valence-corrected chi connectivity index (χ1v) is 7.25. The third-order valence-electron chi connectivity index (χ3n) is 3.47. The van der Waals surface area contributed by atoms with Gasteiger partial charge in [-0.1, -0.05) is 24.1 Å². The van der Waals surface area contributed by atoms with Crippen molar-refractivity contribution in [1.82, 2.24) is 5.32 Å². The van der Waals surface area contributed by atoms with Gasteiger partial charge >= 0.3 is 0 Å². The molecule has 2 rings (SSSR count). The van der Waals surface area contributed by atoms with E-state index in [1.54, 1.807) is 0 Å². The first-order valence-electron chi connectivity index (χ1n) is 6.44. The van der Waals surface area contributed by atoms with E-state index < -0.39 is 5.82 Å². The number of carbonyl (C=O) groups excluding carboxylic acids is 1. The number of amides is 1. The number of halogens is 3. The topological polar surface area (TPSA) is 29.1 Å². The third kappa shape index (κ3) is 3.83. The number of nitrogens with one attached hydrogen (secondary N) is 1. The van der Waals surface area contributed by atoms with Gasteiger partial charge in [-0.15, -0.1) is 11.6 Å². The molecule has 0 heterocycles. The summed E-state index contributed by atoms with van der Waals surface area (Å²) in [4.78, 5) is 11.9. The molecule has 0 saturated heterocycles. The second kappa shape index (κ2) is 6.58. The standard InChI is InChI=1S/C14H16Cl2FNO/c15-10-4-1-3-9(7-10)8-18-14(19)11-5-2-6-12(17)13(11)16/h2,5-6,9-10H,1,3-4,7-8H2,(H,18,19). The summed E-state index contributed by atoms with van der Waals surface area (Å²) in [6.07, 6.45) is 4.12. The number of hydrogen-bond acceptors (Lipinski definition) is 1. The number of alkyl halides is 1. The molecule has 19 heavy (non-hydrogen) atoms. The fourth-order valence-corrected chi connectivity index (χ4v) is 3.04. The van der Waals surface area contributed by atoms with E-state index in [4.69, 9.17) is 23.2 Å². The molecule has 2 nitrogen and oxygen atoms in total. The largest absolute Gasteiger partial charge is 0.352 e. The van der Waals surface area contributed by atoms with Crippen molar-refractivity contribution in [3.8, 4) is 0 Å². The zero-order chi connectivity index (χ0) is 13.8. The molecule has 1 N–H and O–H groups in total. The lowest BCUT2D eigenvalue weighted by Crippen LogP contribution is -2.32. The van der Waals surface area contributed by atoms with E-state index >= 15 is 0 Å². The summed E-state index contributed by atoms with van der Waals surface area (Å²) < 4.78 is 13.3. The Morgan fingerprint density at radius 1 is 1.42 bits per heavy atom. The van der Waals surface area contributed by atoms with Crippen molar-refractivity contribution in [1.29, 1.82) is 0 Å². The molecule has 5 heteroatoms. The van der Waals surface area contributed by atoms with Crippen LogP contribution >= 0.6 is 23.2 Å². The van der Waals surface area contributed by atoms with E-state index in [2.05, 4.69) is 5.32 Å². The highest BCUT2D eigenvalue weighted by Crippen LogP contribution is 2.27. The van der Waals surface area contributed by atoms with Crippen LogP contribution in [0.15, 0.2) is 18.2 Å². The Balaban J connectivity index is 1.92. The molecule has 104 valence electrons. The van der Waals surface area contributed by atoms with Crippen molar-refractivity contribution >= 4 is 29.1 Å². The molecule has 0 radical (unpaired) electrons. The predicted octanol–water partition coefficient (Wildman–Crippen LogP) is 4.01. The van der Waals surface area contributed by atoms with E-state index in [1.807, 2.05) is 0 Å². The monoisotopic (exact) mass is 303 g/mol. The summed E-state index contributed by atoms with van der Waals surface area (Å²) in [6.45, 7) is 0.564. The summed E-state index contributed by atoms with van der Waals surface area (Å²) >= 11 is 11.9. The minimum atomic E-state index is -0.576. The number of benzene rings is 1. The highest BCUT2D eigenvalue weighted by atomic mass is 35.5. The van der Waals surface area contributed by atoms with Crippen molar-refractivity contribution < 1.29 is 9.18 Å². The van der Waals surface area contributed by atoms with Crippen LogP contribution in [0.25, 0.3) is 0 Å². The van der Waals surface area contributed by atoms with Gasteiger partial charge in [-0.25, -0.2) is 4.39 Å². The summed E-state index contributed by atoms with van der Waals surface area (Å²) in [5.41, 5.74) is 0.180. The lowest BCUT2D eigenvalue weighted by molar-refractivity contribution is 0.0943. The zero-order valence-corrected chi connectivity index (χ0v) is 12.0. The molecule has 1 fully saturated rings. The summed E-state index contributed by atoms with van der Waals surface area (Å²) in [5.74, 6) is -0.512. The maximum atomic E-state index is 13.3. The lowest BCUT2D eigenvalue weighted by Gasteiger charge is -2.25. The molecule has 1 aliphatic carbocycles. The quantitative estimate of drug-likeness (QED) is 0.840. The Morgan fingerprint density at radius 3 is 2.95 bits per heavy atom. The van der Waals surface area contributed by atoms with E-state index in [-0.39, 0.29) is 21.9 Å². The third-order valence-corrected chi connectivity index (χ3v) is 4.25. The van der Waals surface area contributed by atoms with Gasteiger partial charge in [0.25, 0.3) is 5.91 Å². The molecule has 0 bridgehead atoms. The van der Waals surface area contributed by atoms with Crippen LogP contribution in [0.4, 0.5) is 4.39 Å².